The lowest BCUT2D eigenvalue weighted by molar-refractivity contribution is 0.242. The quantitative estimate of drug-likeness (QED) is 0.798. The maximum absolute atomic E-state index is 4.42. The maximum Gasteiger partial charge on any atom is 0.107 e. The molecule has 16 heavy (non-hydrogen) atoms. The predicted octanol–water partition coefficient (Wildman–Crippen LogP) is 0.981. The monoisotopic (exact) mass is 222 g/mol. The van der Waals surface area contributed by atoms with Crippen molar-refractivity contribution in [1.82, 2.24) is 20.2 Å². The summed E-state index contributed by atoms with van der Waals surface area (Å²) in [6.07, 6.45) is 3.00. The van der Waals surface area contributed by atoms with Crippen LogP contribution in [-0.4, -0.2) is 47.6 Å². The number of piperazine rings is 1. The van der Waals surface area contributed by atoms with Gasteiger partial charge < -0.3 is 15.2 Å². The average molecular weight is 222 g/mol. The van der Waals surface area contributed by atoms with E-state index in [1.54, 1.807) is 0 Å². The number of nitrogens with one attached hydrogen (secondary N) is 2. The molecular formula is C12H22N4. The number of aromatic nitrogens is 2. The van der Waals surface area contributed by atoms with E-state index in [-0.39, 0.29) is 0 Å². The van der Waals surface area contributed by atoms with Crippen molar-refractivity contribution in [3.63, 3.8) is 0 Å². The van der Waals surface area contributed by atoms with Crippen molar-refractivity contribution in [1.29, 1.82) is 0 Å². The molecule has 0 bridgehead atoms. The summed E-state index contributed by atoms with van der Waals surface area (Å²) in [4.78, 5) is 10.3. The molecule has 0 saturated carbocycles. The third-order valence-electron chi connectivity index (χ3n) is 3.14. The van der Waals surface area contributed by atoms with Crippen LogP contribution >= 0.6 is 0 Å². The Hall–Kier alpha value is -0.870. The summed E-state index contributed by atoms with van der Waals surface area (Å²) in [5.74, 6) is 1.67. The Morgan fingerprint density at radius 3 is 2.75 bits per heavy atom. The Balaban J connectivity index is 1.79. The molecule has 0 radical (unpaired) electrons. The van der Waals surface area contributed by atoms with Crippen molar-refractivity contribution in [2.45, 2.75) is 26.2 Å². The highest BCUT2D eigenvalue weighted by Crippen LogP contribution is 2.11. The summed E-state index contributed by atoms with van der Waals surface area (Å²) in [6, 6.07) is 0. The first-order chi connectivity index (χ1) is 7.75. The summed E-state index contributed by atoms with van der Waals surface area (Å²) in [7, 11) is 0. The van der Waals surface area contributed by atoms with Crippen LogP contribution in [0.25, 0.3) is 0 Å². The van der Waals surface area contributed by atoms with Gasteiger partial charge in [-0.1, -0.05) is 13.8 Å². The molecule has 1 aliphatic heterocycles. The molecule has 4 nitrogen and oxygen atoms in total. The van der Waals surface area contributed by atoms with Crippen LogP contribution in [0.2, 0.25) is 0 Å². The number of H-pyrrole nitrogens is 1. The maximum atomic E-state index is 4.42. The Kier molecular flexibility index (Phi) is 3.96. The summed E-state index contributed by atoms with van der Waals surface area (Å²) in [5, 5.41) is 3.37. The van der Waals surface area contributed by atoms with Crippen LogP contribution in [0, 0.1) is 0 Å². The van der Waals surface area contributed by atoms with Crippen molar-refractivity contribution in [2.24, 2.45) is 0 Å². The molecule has 4 heteroatoms. The largest absolute Gasteiger partial charge is 0.346 e. The molecule has 1 aromatic rings. The van der Waals surface area contributed by atoms with E-state index in [2.05, 4.69) is 34.0 Å². The molecule has 0 aromatic carbocycles. The van der Waals surface area contributed by atoms with Gasteiger partial charge in [-0.2, -0.15) is 0 Å². The lowest BCUT2D eigenvalue weighted by atomic mass is 10.2. The van der Waals surface area contributed by atoms with Crippen molar-refractivity contribution in [3.8, 4) is 0 Å². The van der Waals surface area contributed by atoms with Crippen LogP contribution in [0.1, 0.15) is 31.3 Å². The van der Waals surface area contributed by atoms with Gasteiger partial charge in [0.1, 0.15) is 5.82 Å². The molecule has 0 atom stereocenters. The Morgan fingerprint density at radius 2 is 2.12 bits per heavy atom. The normalized spacial score (nSPS) is 18.2. The first kappa shape index (κ1) is 11.6. The molecule has 0 amide bonds. The predicted molar refractivity (Wildman–Crippen MR) is 65.7 cm³/mol. The fraction of sp³-hybridized carbons (Fsp3) is 0.750. The van der Waals surface area contributed by atoms with Crippen LogP contribution in [0.3, 0.4) is 0 Å². The summed E-state index contributed by atoms with van der Waals surface area (Å²) >= 11 is 0. The van der Waals surface area contributed by atoms with E-state index in [0.717, 1.165) is 45.0 Å². The zero-order valence-corrected chi connectivity index (χ0v) is 10.3. The van der Waals surface area contributed by atoms with Gasteiger partial charge in [0.15, 0.2) is 0 Å². The fourth-order valence-corrected chi connectivity index (χ4v) is 2.00. The fourth-order valence-electron chi connectivity index (χ4n) is 2.00. The minimum absolute atomic E-state index is 0.542. The second-order valence-electron chi connectivity index (χ2n) is 4.78. The van der Waals surface area contributed by atoms with Crippen LogP contribution in [0.5, 0.6) is 0 Å². The van der Waals surface area contributed by atoms with Crippen molar-refractivity contribution in [3.05, 3.63) is 17.7 Å². The minimum atomic E-state index is 0.542. The van der Waals surface area contributed by atoms with Gasteiger partial charge in [-0.05, 0) is 5.92 Å². The standard InChI is InChI=1S/C12H22N4/c1-10(2)11-9-14-12(15-11)3-6-16-7-4-13-5-8-16/h9-10,13H,3-8H2,1-2H3,(H,14,15). The molecule has 1 fully saturated rings. The highest BCUT2D eigenvalue weighted by atomic mass is 15.2. The Morgan fingerprint density at radius 1 is 1.38 bits per heavy atom. The Bertz CT molecular complexity index is 313. The summed E-state index contributed by atoms with van der Waals surface area (Å²) in [5.41, 5.74) is 1.25. The van der Waals surface area contributed by atoms with Gasteiger partial charge in [-0.25, -0.2) is 4.98 Å². The van der Waals surface area contributed by atoms with Crippen molar-refractivity contribution >= 4 is 0 Å². The molecule has 1 aliphatic rings. The van der Waals surface area contributed by atoms with Gasteiger partial charge in [-0.3, -0.25) is 0 Å². The molecule has 2 rings (SSSR count). The highest BCUT2D eigenvalue weighted by molar-refractivity contribution is 5.05. The molecule has 1 saturated heterocycles. The van der Waals surface area contributed by atoms with Gasteiger partial charge in [0.25, 0.3) is 0 Å². The molecule has 0 unspecified atom stereocenters. The smallest absolute Gasteiger partial charge is 0.107 e. The third-order valence-corrected chi connectivity index (χ3v) is 3.14. The van der Waals surface area contributed by atoms with Crippen LogP contribution in [0.4, 0.5) is 0 Å². The van der Waals surface area contributed by atoms with Crippen LogP contribution in [-0.2, 0) is 6.42 Å². The number of rotatable bonds is 4. The van der Waals surface area contributed by atoms with Gasteiger partial charge in [0, 0.05) is 51.0 Å². The van der Waals surface area contributed by atoms with Gasteiger partial charge in [-0.15, -0.1) is 0 Å². The molecule has 1 aromatic heterocycles. The molecule has 90 valence electrons. The van der Waals surface area contributed by atoms with Crippen molar-refractivity contribution in [2.75, 3.05) is 32.7 Å². The molecule has 0 aliphatic carbocycles. The van der Waals surface area contributed by atoms with Gasteiger partial charge in [0.2, 0.25) is 0 Å². The molecule has 0 spiro atoms. The molecule has 2 N–H and O–H groups in total. The summed E-state index contributed by atoms with van der Waals surface area (Å²) in [6.45, 7) is 10.1. The highest BCUT2D eigenvalue weighted by Gasteiger charge is 2.10. The van der Waals surface area contributed by atoms with E-state index in [0.29, 0.717) is 5.92 Å². The number of aromatic amines is 1. The number of hydrogen-bond acceptors (Lipinski definition) is 3. The van der Waals surface area contributed by atoms with Crippen molar-refractivity contribution < 1.29 is 0 Å². The first-order valence-electron chi connectivity index (χ1n) is 6.22. The first-order valence-corrected chi connectivity index (χ1v) is 6.22. The SMILES string of the molecule is CC(C)c1cnc(CCN2CCNCC2)[nH]1. The zero-order chi connectivity index (χ0) is 11.4. The number of imidazole rings is 1. The van der Waals surface area contributed by atoms with E-state index in [1.165, 1.54) is 5.69 Å². The minimum Gasteiger partial charge on any atom is -0.346 e. The van der Waals surface area contributed by atoms with E-state index >= 15 is 0 Å². The second kappa shape index (κ2) is 5.46. The van der Waals surface area contributed by atoms with Gasteiger partial charge >= 0.3 is 0 Å². The van der Waals surface area contributed by atoms with Gasteiger partial charge in [0.05, 0.1) is 0 Å². The van der Waals surface area contributed by atoms with E-state index in [1.807, 2.05) is 6.20 Å². The third kappa shape index (κ3) is 3.06. The zero-order valence-electron chi connectivity index (χ0n) is 10.3. The summed E-state index contributed by atoms with van der Waals surface area (Å²) < 4.78 is 0. The number of hydrogen-bond donors (Lipinski definition) is 2. The van der Waals surface area contributed by atoms with Crippen LogP contribution < -0.4 is 5.32 Å². The lowest BCUT2D eigenvalue weighted by Gasteiger charge is -2.26. The van der Waals surface area contributed by atoms with E-state index in [9.17, 15) is 0 Å². The van der Waals surface area contributed by atoms with E-state index < -0.39 is 0 Å². The molecule has 2 heterocycles. The average Bonchev–Trinajstić information content (AvgIpc) is 2.76. The topological polar surface area (TPSA) is 44.0 Å². The van der Waals surface area contributed by atoms with E-state index in [4.69, 9.17) is 0 Å². The second-order valence-corrected chi connectivity index (χ2v) is 4.78. The van der Waals surface area contributed by atoms with Crippen LogP contribution in [0.15, 0.2) is 6.20 Å². The molecular weight excluding hydrogens is 200 g/mol. The number of nitrogens with zero attached hydrogens (tertiary/aromatic N) is 2. The lowest BCUT2D eigenvalue weighted by Crippen LogP contribution is -2.44. The Labute approximate surface area is 97.4 Å².